The lowest BCUT2D eigenvalue weighted by molar-refractivity contribution is 0.568. The van der Waals surface area contributed by atoms with E-state index in [2.05, 4.69) is 15.5 Å². The Hall–Kier alpha value is -1.75. The molecule has 2 rings (SSSR count). The van der Waals surface area contributed by atoms with Crippen LogP contribution < -0.4 is 5.73 Å². The predicted octanol–water partition coefficient (Wildman–Crippen LogP) is 0.689. The number of tetrazole rings is 1. The summed E-state index contributed by atoms with van der Waals surface area (Å²) in [5.41, 5.74) is 6.48. The van der Waals surface area contributed by atoms with Crippen LogP contribution in [0.5, 0.6) is 0 Å². The van der Waals surface area contributed by atoms with Crippen LogP contribution in [0.4, 0.5) is 0 Å². The van der Waals surface area contributed by atoms with Crippen molar-refractivity contribution >= 4 is 0 Å². The van der Waals surface area contributed by atoms with Crippen molar-refractivity contribution in [2.24, 2.45) is 5.73 Å². The molecule has 0 spiro atoms. The topological polar surface area (TPSA) is 69.6 Å². The van der Waals surface area contributed by atoms with Crippen LogP contribution in [-0.4, -0.2) is 26.8 Å². The van der Waals surface area contributed by atoms with Crippen molar-refractivity contribution in [3.63, 3.8) is 0 Å². The Balaban J connectivity index is 2.25. The number of hydrogen-bond acceptors (Lipinski definition) is 4. The molecule has 5 heteroatoms. The van der Waals surface area contributed by atoms with Gasteiger partial charge in [-0.3, -0.25) is 0 Å². The van der Waals surface area contributed by atoms with E-state index >= 15 is 0 Å². The van der Waals surface area contributed by atoms with Gasteiger partial charge in [-0.1, -0.05) is 30.3 Å². The van der Waals surface area contributed by atoms with E-state index in [1.54, 1.807) is 4.68 Å². The molecule has 5 nitrogen and oxygen atoms in total. The molecule has 2 aromatic rings. The fourth-order valence-electron chi connectivity index (χ4n) is 1.39. The van der Waals surface area contributed by atoms with Crippen molar-refractivity contribution in [3.05, 3.63) is 30.3 Å². The average molecular weight is 203 g/mol. The van der Waals surface area contributed by atoms with E-state index in [-0.39, 0.29) is 0 Å². The summed E-state index contributed by atoms with van der Waals surface area (Å²) in [6.07, 6.45) is 0.880. The number of nitrogens with two attached hydrogens (primary N) is 1. The third kappa shape index (κ3) is 2.19. The number of hydrogen-bond donors (Lipinski definition) is 1. The molecule has 0 bridgehead atoms. The lowest BCUT2D eigenvalue weighted by Crippen LogP contribution is -2.08. The van der Waals surface area contributed by atoms with E-state index in [0.717, 1.165) is 24.4 Å². The zero-order valence-electron chi connectivity index (χ0n) is 8.37. The van der Waals surface area contributed by atoms with Crippen LogP contribution in [0.2, 0.25) is 0 Å². The standard InChI is InChI=1S/C10H13N5/c11-7-4-8-15-10(12-13-14-15)9-5-2-1-3-6-9/h1-3,5-6H,4,7-8,11H2. The van der Waals surface area contributed by atoms with E-state index in [1.165, 1.54) is 0 Å². The van der Waals surface area contributed by atoms with Gasteiger partial charge < -0.3 is 5.73 Å². The highest BCUT2D eigenvalue weighted by molar-refractivity contribution is 5.53. The van der Waals surface area contributed by atoms with Crippen LogP contribution in [0.15, 0.2) is 30.3 Å². The molecular weight excluding hydrogens is 190 g/mol. The van der Waals surface area contributed by atoms with Crippen LogP contribution in [0.1, 0.15) is 6.42 Å². The average Bonchev–Trinajstić information content (AvgIpc) is 2.75. The zero-order valence-corrected chi connectivity index (χ0v) is 8.37. The molecule has 0 amide bonds. The van der Waals surface area contributed by atoms with Crippen molar-refractivity contribution in [3.8, 4) is 11.4 Å². The number of rotatable bonds is 4. The Morgan fingerprint density at radius 1 is 1.20 bits per heavy atom. The number of aryl methyl sites for hydroxylation is 1. The van der Waals surface area contributed by atoms with E-state index in [0.29, 0.717) is 6.54 Å². The van der Waals surface area contributed by atoms with Gasteiger partial charge in [0.15, 0.2) is 5.82 Å². The lowest BCUT2D eigenvalue weighted by Gasteiger charge is -2.02. The number of nitrogens with zero attached hydrogens (tertiary/aromatic N) is 4. The Morgan fingerprint density at radius 3 is 2.73 bits per heavy atom. The molecule has 0 unspecified atom stereocenters. The van der Waals surface area contributed by atoms with Crippen molar-refractivity contribution < 1.29 is 0 Å². The molecule has 0 saturated heterocycles. The van der Waals surface area contributed by atoms with Crippen LogP contribution in [-0.2, 0) is 6.54 Å². The van der Waals surface area contributed by atoms with Crippen molar-refractivity contribution in [1.82, 2.24) is 20.2 Å². The lowest BCUT2D eigenvalue weighted by atomic mass is 10.2. The Kier molecular flexibility index (Phi) is 3.04. The number of benzene rings is 1. The summed E-state index contributed by atoms with van der Waals surface area (Å²) < 4.78 is 1.78. The minimum atomic E-state index is 0.647. The molecule has 78 valence electrons. The van der Waals surface area contributed by atoms with Gasteiger partial charge in [0, 0.05) is 12.1 Å². The Bertz CT molecular complexity index is 409. The summed E-state index contributed by atoms with van der Waals surface area (Å²) in [7, 11) is 0. The molecule has 0 aliphatic rings. The molecule has 0 atom stereocenters. The summed E-state index contributed by atoms with van der Waals surface area (Å²) >= 11 is 0. The SMILES string of the molecule is NCCCn1nnnc1-c1ccccc1. The monoisotopic (exact) mass is 203 g/mol. The minimum Gasteiger partial charge on any atom is -0.330 e. The largest absolute Gasteiger partial charge is 0.330 e. The first-order chi connectivity index (χ1) is 7.42. The first-order valence-corrected chi connectivity index (χ1v) is 4.93. The van der Waals surface area contributed by atoms with E-state index in [4.69, 9.17) is 5.73 Å². The quantitative estimate of drug-likeness (QED) is 0.793. The molecule has 0 radical (unpaired) electrons. The highest BCUT2D eigenvalue weighted by atomic mass is 15.5. The second-order valence-corrected chi connectivity index (χ2v) is 3.23. The van der Waals surface area contributed by atoms with Gasteiger partial charge in [-0.2, -0.15) is 0 Å². The molecule has 1 aromatic carbocycles. The second-order valence-electron chi connectivity index (χ2n) is 3.23. The van der Waals surface area contributed by atoms with Gasteiger partial charge in [-0.05, 0) is 23.4 Å². The first kappa shape index (κ1) is 9.79. The van der Waals surface area contributed by atoms with Crippen LogP contribution in [0, 0.1) is 0 Å². The molecule has 0 fully saturated rings. The van der Waals surface area contributed by atoms with E-state index in [9.17, 15) is 0 Å². The fraction of sp³-hybridized carbons (Fsp3) is 0.300. The molecule has 0 aliphatic heterocycles. The molecule has 0 aliphatic carbocycles. The van der Waals surface area contributed by atoms with Gasteiger partial charge in [0.25, 0.3) is 0 Å². The third-order valence-corrected chi connectivity index (χ3v) is 2.14. The Morgan fingerprint density at radius 2 is 2.00 bits per heavy atom. The van der Waals surface area contributed by atoms with Crippen molar-refractivity contribution in [2.45, 2.75) is 13.0 Å². The van der Waals surface area contributed by atoms with E-state index < -0.39 is 0 Å². The highest BCUT2D eigenvalue weighted by Crippen LogP contribution is 2.14. The smallest absolute Gasteiger partial charge is 0.182 e. The van der Waals surface area contributed by atoms with Crippen LogP contribution in [0.3, 0.4) is 0 Å². The maximum absolute atomic E-state index is 5.45. The summed E-state index contributed by atoms with van der Waals surface area (Å²) in [4.78, 5) is 0. The van der Waals surface area contributed by atoms with Gasteiger partial charge in [0.2, 0.25) is 0 Å². The highest BCUT2D eigenvalue weighted by Gasteiger charge is 2.06. The maximum Gasteiger partial charge on any atom is 0.182 e. The summed E-state index contributed by atoms with van der Waals surface area (Å²) in [5.74, 6) is 0.795. The van der Waals surface area contributed by atoms with E-state index in [1.807, 2.05) is 30.3 Å². The van der Waals surface area contributed by atoms with Crippen molar-refractivity contribution in [1.29, 1.82) is 0 Å². The van der Waals surface area contributed by atoms with Crippen LogP contribution >= 0.6 is 0 Å². The summed E-state index contributed by atoms with van der Waals surface area (Å²) in [6, 6.07) is 9.89. The molecule has 15 heavy (non-hydrogen) atoms. The van der Waals surface area contributed by atoms with Crippen molar-refractivity contribution in [2.75, 3.05) is 6.54 Å². The summed E-state index contributed by atoms with van der Waals surface area (Å²) in [6.45, 7) is 1.40. The molecule has 1 aromatic heterocycles. The Labute approximate surface area is 87.9 Å². The van der Waals surface area contributed by atoms with Crippen LogP contribution in [0.25, 0.3) is 11.4 Å². The molecular formula is C10H13N5. The molecule has 0 saturated carbocycles. The van der Waals surface area contributed by atoms with Gasteiger partial charge in [0.05, 0.1) is 0 Å². The summed E-state index contributed by atoms with van der Waals surface area (Å²) in [5, 5.41) is 11.6. The van der Waals surface area contributed by atoms with Gasteiger partial charge in [-0.25, -0.2) is 4.68 Å². The van der Waals surface area contributed by atoms with Gasteiger partial charge in [0.1, 0.15) is 0 Å². The number of aromatic nitrogens is 4. The molecule has 1 heterocycles. The minimum absolute atomic E-state index is 0.647. The normalized spacial score (nSPS) is 10.5. The molecule has 2 N–H and O–H groups in total. The maximum atomic E-state index is 5.45. The zero-order chi connectivity index (χ0) is 10.5. The van der Waals surface area contributed by atoms with Gasteiger partial charge in [-0.15, -0.1) is 5.10 Å². The predicted molar refractivity (Wildman–Crippen MR) is 56.9 cm³/mol. The fourth-order valence-corrected chi connectivity index (χ4v) is 1.39. The third-order valence-electron chi connectivity index (χ3n) is 2.14. The van der Waals surface area contributed by atoms with Gasteiger partial charge >= 0.3 is 0 Å². The second kappa shape index (κ2) is 4.65. The first-order valence-electron chi connectivity index (χ1n) is 4.93.